The molecule has 1 rings (SSSR count). The Morgan fingerprint density at radius 2 is 1.74 bits per heavy atom. The van der Waals surface area contributed by atoms with Crippen molar-refractivity contribution in [2.24, 2.45) is 11.8 Å². The standard InChI is InChI=1S/C12H17NO6/c1-6-7(2)11(16)13(10(6)15)8(12(17)18)4-5-9(14)19-3/h6-8H,4-5H2,1-3H3,(H,17,18). The first kappa shape index (κ1) is 15.1. The lowest BCUT2D eigenvalue weighted by atomic mass is 10.00. The SMILES string of the molecule is COC(=O)CCC(C(=O)O)N1C(=O)C(C)C(C)C1=O. The molecule has 0 saturated carbocycles. The molecule has 1 aliphatic rings. The Bertz CT molecular complexity index is 398. The molecule has 7 nitrogen and oxygen atoms in total. The molecule has 0 aromatic heterocycles. The lowest BCUT2D eigenvalue weighted by Crippen LogP contribution is -2.45. The first-order valence-electron chi connectivity index (χ1n) is 5.97. The molecule has 0 radical (unpaired) electrons. The van der Waals surface area contributed by atoms with Crippen LogP contribution in [-0.4, -0.2) is 46.9 Å². The quantitative estimate of drug-likeness (QED) is 0.559. The molecular formula is C12H17NO6. The number of nitrogens with zero attached hydrogens (tertiary/aromatic N) is 1. The lowest BCUT2D eigenvalue weighted by Gasteiger charge is -2.22. The molecule has 0 aromatic carbocycles. The normalized spacial score (nSPS) is 24.5. The number of hydrogen-bond donors (Lipinski definition) is 1. The van der Waals surface area contributed by atoms with Crippen LogP contribution in [0.3, 0.4) is 0 Å². The van der Waals surface area contributed by atoms with E-state index < -0.39 is 41.6 Å². The Kier molecular flexibility index (Phi) is 4.63. The van der Waals surface area contributed by atoms with Gasteiger partial charge in [-0.3, -0.25) is 19.3 Å². The predicted molar refractivity (Wildman–Crippen MR) is 62.9 cm³/mol. The van der Waals surface area contributed by atoms with E-state index in [2.05, 4.69) is 4.74 Å². The second-order valence-electron chi connectivity index (χ2n) is 4.59. The van der Waals surface area contributed by atoms with Gasteiger partial charge in [0.15, 0.2) is 0 Å². The van der Waals surface area contributed by atoms with Crippen LogP contribution >= 0.6 is 0 Å². The number of carbonyl (C=O) groups excluding carboxylic acids is 3. The van der Waals surface area contributed by atoms with Crippen molar-refractivity contribution in [1.29, 1.82) is 0 Å². The van der Waals surface area contributed by atoms with E-state index >= 15 is 0 Å². The zero-order valence-electron chi connectivity index (χ0n) is 11.1. The van der Waals surface area contributed by atoms with E-state index in [1.54, 1.807) is 13.8 Å². The number of aliphatic carboxylic acids is 1. The molecule has 106 valence electrons. The van der Waals surface area contributed by atoms with E-state index in [9.17, 15) is 19.2 Å². The number of likely N-dealkylation sites (tertiary alicyclic amines) is 1. The largest absolute Gasteiger partial charge is 0.480 e. The topological polar surface area (TPSA) is 101 Å². The molecule has 1 heterocycles. The van der Waals surface area contributed by atoms with Crippen molar-refractivity contribution in [3.63, 3.8) is 0 Å². The van der Waals surface area contributed by atoms with E-state index in [4.69, 9.17) is 5.11 Å². The second kappa shape index (κ2) is 5.81. The maximum absolute atomic E-state index is 11.9. The fourth-order valence-corrected chi connectivity index (χ4v) is 2.00. The summed E-state index contributed by atoms with van der Waals surface area (Å²) >= 11 is 0. The molecule has 0 aliphatic carbocycles. The van der Waals surface area contributed by atoms with Gasteiger partial charge in [0.05, 0.1) is 7.11 Å². The predicted octanol–water partition coefficient (Wildman–Crippen LogP) is 0.0338. The first-order valence-corrected chi connectivity index (χ1v) is 5.97. The number of carbonyl (C=O) groups is 4. The zero-order valence-corrected chi connectivity index (χ0v) is 11.1. The van der Waals surface area contributed by atoms with Crippen LogP contribution in [0.25, 0.3) is 0 Å². The first-order chi connectivity index (χ1) is 8.81. The van der Waals surface area contributed by atoms with Gasteiger partial charge in [0.1, 0.15) is 6.04 Å². The molecule has 0 spiro atoms. The summed E-state index contributed by atoms with van der Waals surface area (Å²) in [5.74, 6) is -3.96. The highest BCUT2D eigenvalue weighted by molar-refractivity contribution is 6.07. The summed E-state index contributed by atoms with van der Waals surface area (Å²) in [6.07, 6.45) is -0.299. The maximum atomic E-state index is 11.9. The van der Waals surface area contributed by atoms with Gasteiger partial charge < -0.3 is 9.84 Å². The van der Waals surface area contributed by atoms with Gasteiger partial charge in [0.25, 0.3) is 0 Å². The summed E-state index contributed by atoms with van der Waals surface area (Å²) in [7, 11) is 1.19. The Hall–Kier alpha value is -1.92. The maximum Gasteiger partial charge on any atom is 0.326 e. The molecule has 3 unspecified atom stereocenters. The number of carboxylic acids is 1. The highest BCUT2D eigenvalue weighted by Gasteiger charge is 2.47. The van der Waals surface area contributed by atoms with Crippen molar-refractivity contribution in [2.75, 3.05) is 7.11 Å². The average Bonchev–Trinajstić information content (AvgIpc) is 2.55. The Morgan fingerprint density at radius 1 is 1.26 bits per heavy atom. The van der Waals surface area contributed by atoms with Crippen molar-refractivity contribution in [3.05, 3.63) is 0 Å². The number of ether oxygens (including phenoxy) is 1. The fourth-order valence-electron chi connectivity index (χ4n) is 2.00. The van der Waals surface area contributed by atoms with Crippen molar-refractivity contribution in [3.8, 4) is 0 Å². The minimum Gasteiger partial charge on any atom is -0.480 e. The molecule has 0 aromatic rings. The van der Waals surface area contributed by atoms with Crippen LogP contribution in [-0.2, 0) is 23.9 Å². The van der Waals surface area contributed by atoms with Gasteiger partial charge >= 0.3 is 11.9 Å². The van der Waals surface area contributed by atoms with E-state index in [1.807, 2.05) is 0 Å². The molecular weight excluding hydrogens is 254 g/mol. The van der Waals surface area contributed by atoms with Gasteiger partial charge in [-0.15, -0.1) is 0 Å². The monoisotopic (exact) mass is 271 g/mol. The van der Waals surface area contributed by atoms with Gasteiger partial charge in [0.2, 0.25) is 11.8 Å². The number of esters is 1. The Labute approximate surface area is 110 Å². The highest BCUT2D eigenvalue weighted by atomic mass is 16.5. The van der Waals surface area contributed by atoms with Crippen LogP contribution in [0.5, 0.6) is 0 Å². The van der Waals surface area contributed by atoms with E-state index in [0.717, 1.165) is 4.90 Å². The van der Waals surface area contributed by atoms with E-state index in [1.165, 1.54) is 7.11 Å². The Balaban J connectivity index is 2.88. The van der Waals surface area contributed by atoms with Crippen LogP contribution in [0.4, 0.5) is 0 Å². The number of methoxy groups -OCH3 is 1. The van der Waals surface area contributed by atoms with Crippen molar-refractivity contribution in [1.82, 2.24) is 4.90 Å². The summed E-state index contributed by atoms with van der Waals surface area (Å²) < 4.78 is 4.42. The van der Waals surface area contributed by atoms with Gasteiger partial charge in [0, 0.05) is 18.3 Å². The molecule has 1 saturated heterocycles. The summed E-state index contributed by atoms with van der Waals surface area (Å²) in [5.41, 5.74) is 0. The van der Waals surface area contributed by atoms with Crippen LogP contribution < -0.4 is 0 Å². The third kappa shape index (κ3) is 2.91. The molecule has 7 heteroatoms. The smallest absolute Gasteiger partial charge is 0.326 e. The third-order valence-electron chi connectivity index (χ3n) is 3.45. The molecule has 3 atom stereocenters. The molecule has 0 bridgehead atoms. The van der Waals surface area contributed by atoms with Crippen molar-refractivity contribution < 1.29 is 29.0 Å². The molecule has 19 heavy (non-hydrogen) atoms. The van der Waals surface area contributed by atoms with Crippen molar-refractivity contribution in [2.45, 2.75) is 32.7 Å². The second-order valence-corrected chi connectivity index (χ2v) is 4.59. The van der Waals surface area contributed by atoms with E-state index in [-0.39, 0.29) is 12.8 Å². The van der Waals surface area contributed by atoms with Gasteiger partial charge in [-0.1, -0.05) is 13.8 Å². The average molecular weight is 271 g/mol. The minimum absolute atomic E-state index is 0.140. The zero-order chi connectivity index (χ0) is 14.7. The molecule has 1 fully saturated rings. The van der Waals surface area contributed by atoms with Gasteiger partial charge in [-0.05, 0) is 6.42 Å². The number of amides is 2. The van der Waals surface area contributed by atoms with Gasteiger partial charge in [-0.2, -0.15) is 0 Å². The van der Waals surface area contributed by atoms with Crippen LogP contribution in [0.1, 0.15) is 26.7 Å². The van der Waals surface area contributed by atoms with Gasteiger partial charge in [-0.25, -0.2) is 4.79 Å². The summed E-state index contributed by atoms with van der Waals surface area (Å²) in [6.45, 7) is 3.17. The van der Waals surface area contributed by atoms with E-state index in [0.29, 0.717) is 0 Å². The van der Waals surface area contributed by atoms with Crippen LogP contribution in [0.2, 0.25) is 0 Å². The molecule has 2 amide bonds. The summed E-state index contributed by atoms with van der Waals surface area (Å²) in [6, 6.07) is -1.31. The minimum atomic E-state index is -1.31. The Morgan fingerprint density at radius 3 is 2.11 bits per heavy atom. The number of rotatable bonds is 5. The molecule has 1 N–H and O–H groups in total. The van der Waals surface area contributed by atoms with Crippen LogP contribution in [0, 0.1) is 11.8 Å². The number of hydrogen-bond acceptors (Lipinski definition) is 5. The summed E-state index contributed by atoms with van der Waals surface area (Å²) in [5, 5.41) is 9.13. The van der Waals surface area contributed by atoms with Crippen LogP contribution in [0.15, 0.2) is 0 Å². The summed E-state index contributed by atoms with van der Waals surface area (Å²) in [4.78, 5) is 46.8. The third-order valence-corrected chi connectivity index (χ3v) is 3.45. The molecule has 1 aliphatic heterocycles. The lowest BCUT2D eigenvalue weighted by molar-refractivity contribution is -0.156. The number of imide groups is 1. The number of carboxylic acid groups (broad SMARTS) is 1. The van der Waals surface area contributed by atoms with Crippen molar-refractivity contribution >= 4 is 23.8 Å². The highest BCUT2D eigenvalue weighted by Crippen LogP contribution is 2.28. The fraction of sp³-hybridized carbons (Fsp3) is 0.667.